The number of hydrogen-bond acceptors (Lipinski definition) is 4. The Morgan fingerprint density at radius 2 is 2.00 bits per heavy atom. The lowest BCUT2D eigenvalue weighted by molar-refractivity contribution is -0.944. The summed E-state index contributed by atoms with van der Waals surface area (Å²) in [4.78, 5) is 24.6. The lowest BCUT2D eigenvalue weighted by Crippen LogP contribution is -2.76. The second kappa shape index (κ2) is 4.96. The largest absolute Gasteiger partial charge is 0.504 e. The minimum atomic E-state index is -1.08. The molecular formula is C21H26NO4+. The number of hydrogen-bond donors (Lipinski definition) is 2. The van der Waals surface area contributed by atoms with E-state index in [0.717, 1.165) is 29.1 Å². The molecule has 3 fully saturated rings. The van der Waals surface area contributed by atoms with Crippen molar-refractivity contribution in [2.75, 3.05) is 20.1 Å². The number of quaternary nitrogens is 1. The number of likely N-dealkylation sites (N-methyl/N-ethyl adjacent to an activating group) is 1. The molecule has 5 rings (SSSR count). The number of ketones is 2. The lowest BCUT2D eigenvalue weighted by Gasteiger charge is -2.64. The third-order valence-corrected chi connectivity index (χ3v) is 7.68. The van der Waals surface area contributed by atoms with Gasteiger partial charge in [0.2, 0.25) is 5.78 Å². The topological polar surface area (TPSA) is 74.6 Å². The molecule has 0 spiro atoms. The first-order chi connectivity index (χ1) is 12.3. The van der Waals surface area contributed by atoms with Crippen LogP contribution in [0.2, 0.25) is 0 Å². The minimum Gasteiger partial charge on any atom is -0.504 e. The quantitative estimate of drug-likeness (QED) is 0.742. The van der Waals surface area contributed by atoms with Crippen LogP contribution in [0, 0.1) is 11.3 Å². The van der Waals surface area contributed by atoms with Crippen LogP contribution in [0.4, 0.5) is 0 Å². The monoisotopic (exact) mass is 356 g/mol. The second-order valence-corrected chi connectivity index (χ2v) is 9.29. The zero-order valence-electron chi connectivity index (χ0n) is 15.2. The van der Waals surface area contributed by atoms with Crippen molar-refractivity contribution in [2.45, 2.75) is 50.2 Å². The molecule has 0 amide bonds. The van der Waals surface area contributed by atoms with E-state index >= 15 is 0 Å². The fraction of sp³-hybridized carbons (Fsp3) is 0.619. The predicted molar refractivity (Wildman–Crippen MR) is 95.2 cm³/mol. The van der Waals surface area contributed by atoms with Crippen LogP contribution < -0.4 is 0 Å². The van der Waals surface area contributed by atoms with Crippen molar-refractivity contribution in [3.63, 3.8) is 0 Å². The molecule has 0 unspecified atom stereocenters. The first-order valence-electron chi connectivity index (χ1n) is 9.76. The van der Waals surface area contributed by atoms with Gasteiger partial charge in [0, 0.05) is 36.2 Å². The number of carbonyl (C=O) groups is 2. The maximum Gasteiger partial charge on any atom is 0.220 e. The van der Waals surface area contributed by atoms with Crippen LogP contribution in [0.5, 0.6) is 0 Å². The molecule has 1 heterocycles. The van der Waals surface area contributed by atoms with Gasteiger partial charge >= 0.3 is 0 Å². The Balaban J connectivity index is 1.74. The molecule has 0 aromatic carbocycles. The summed E-state index contributed by atoms with van der Waals surface area (Å²) in [5.74, 6) is 0.151. The molecule has 1 aliphatic heterocycles. The number of Topliss-reactive ketones (excluding diaryl/α,β-unsaturated/α-hetero) is 1. The van der Waals surface area contributed by atoms with Gasteiger partial charge < -0.3 is 14.7 Å². The van der Waals surface area contributed by atoms with Gasteiger partial charge in [-0.05, 0) is 37.0 Å². The van der Waals surface area contributed by atoms with Crippen molar-refractivity contribution in [2.24, 2.45) is 11.3 Å². The van der Waals surface area contributed by atoms with E-state index in [1.165, 1.54) is 18.9 Å². The number of aliphatic hydroxyl groups excluding tert-OH is 1. The van der Waals surface area contributed by atoms with Gasteiger partial charge in [0.05, 0.1) is 20.1 Å². The van der Waals surface area contributed by atoms with Crippen molar-refractivity contribution >= 4 is 11.6 Å². The number of piperidine rings is 1. The van der Waals surface area contributed by atoms with Gasteiger partial charge in [-0.25, -0.2) is 0 Å². The smallest absolute Gasteiger partial charge is 0.220 e. The fourth-order valence-corrected chi connectivity index (χ4v) is 6.23. The predicted octanol–water partition coefficient (Wildman–Crippen LogP) is 1.98. The maximum atomic E-state index is 12.4. The van der Waals surface area contributed by atoms with Gasteiger partial charge in [0.25, 0.3) is 0 Å². The van der Waals surface area contributed by atoms with E-state index in [2.05, 4.69) is 13.1 Å². The third kappa shape index (κ3) is 1.93. The molecule has 0 radical (unpaired) electrons. The average Bonchev–Trinajstić information content (AvgIpc) is 3.39. The van der Waals surface area contributed by atoms with Crippen LogP contribution in [0.1, 0.15) is 38.5 Å². The van der Waals surface area contributed by atoms with Crippen LogP contribution in [-0.2, 0) is 9.59 Å². The first-order valence-corrected chi connectivity index (χ1v) is 9.76. The molecule has 1 saturated heterocycles. The van der Waals surface area contributed by atoms with Crippen molar-refractivity contribution in [1.29, 1.82) is 0 Å². The molecule has 138 valence electrons. The molecule has 2 saturated carbocycles. The number of rotatable bonds is 2. The van der Waals surface area contributed by atoms with Crippen LogP contribution in [0.25, 0.3) is 0 Å². The molecule has 4 aliphatic carbocycles. The van der Waals surface area contributed by atoms with Gasteiger partial charge in [-0.1, -0.05) is 6.08 Å². The summed E-state index contributed by atoms with van der Waals surface area (Å²) in [7, 11) is 2.23. The van der Waals surface area contributed by atoms with Gasteiger partial charge in [0.15, 0.2) is 5.76 Å². The van der Waals surface area contributed by atoms with E-state index in [-0.39, 0.29) is 24.0 Å². The highest BCUT2D eigenvalue weighted by Crippen LogP contribution is 2.63. The highest BCUT2D eigenvalue weighted by molar-refractivity contribution is 6.06. The Bertz CT molecular complexity index is 820. The van der Waals surface area contributed by atoms with E-state index in [0.29, 0.717) is 24.8 Å². The highest BCUT2D eigenvalue weighted by atomic mass is 16.3. The van der Waals surface area contributed by atoms with E-state index in [1.807, 2.05) is 0 Å². The Morgan fingerprint density at radius 1 is 1.23 bits per heavy atom. The zero-order valence-corrected chi connectivity index (χ0v) is 15.2. The molecule has 2 bridgehead atoms. The summed E-state index contributed by atoms with van der Waals surface area (Å²) in [6, 6.07) is -0.102. The summed E-state index contributed by atoms with van der Waals surface area (Å²) in [5.41, 5.74) is -0.565. The van der Waals surface area contributed by atoms with Crippen molar-refractivity contribution in [1.82, 2.24) is 0 Å². The molecule has 5 nitrogen and oxygen atoms in total. The van der Waals surface area contributed by atoms with Crippen molar-refractivity contribution in [3.05, 3.63) is 35.1 Å². The normalized spacial score (nSPS) is 44.5. The molecule has 0 aromatic rings. The fourth-order valence-electron chi connectivity index (χ4n) is 6.23. The van der Waals surface area contributed by atoms with Gasteiger partial charge in [-0.3, -0.25) is 9.59 Å². The molecule has 2 N–H and O–H groups in total. The van der Waals surface area contributed by atoms with E-state index < -0.39 is 16.8 Å². The van der Waals surface area contributed by atoms with Crippen LogP contribution in [-0.4, -0.2) is 58.0 Å². The summed E-state index contributed by atoms with van der Waals surface area (Å²) in [6.07, 6.45) is 9.40. The molecule has 5 aliphatic rings. The zero-order chi connectivity index (χ0) is 18.3. The molecule has 4 atom stereocenters. The number of nitrogens with zero attached hydrogens (tertiary/aromatic N) is 1. The number of likely N-dealkylation sites (tertiary alicyclic amines) is 1. The highest BCUT2D eigenvalue weighted by Gasteiger charge is 2.70. The molecular weight excluding hydrogens is 330 g/mol. The lowest BCUT2D eigenvalue weighted by atomic mass is 9.48. The average molecular weight is 356 g/mol. The SMILES string of the molecule is C[N@+]1(CC2CC2)CC[C@]23CC(=O)CC[C@@]2(O)[C@H]1C=C1C=CC(=O)C(O)=C13. The molecule has 26 heavy (non-hydrogen) atoms. The second-order valence-electron chi connectivity index (χ2n) is 9.29. The summed E-state index contributed by atoms with van der Waals surface area (Å²) >= 11 is 0. The summed E-state index contributed by atoms with van der Waals surface area (Å²) in [6.45, 7) is 1.91. The minimum absolute atomic E-state index is 0.102. The van der Waals surface area contributed by atoms with E-state index in [9.17, 15) is 19.8 Å². The molecule has 0 aromatic heterocycles. The van der Waals surface area contributed by atoms with Crippen LogP contribution >= 0.6 is 0 Å². The van der Waals surface area contributed by atoms with Crippen molar-refractivity contribution < 1.29 is 24.3 Å². The number of allylic oxidation sites excluding steroid dienone is 3. The first kappa shape index (κ1) is 16.5. The summed E-state index contributed by atoms with van der Waals surface area (Å²) < 4.78 is 0.788. The Labute approximate surface area is 153 Å². The maximum absolute atomic E-state index is 12.4. The van der Waals surface area contributed by atoms with E-state index in [1.54, 1.807) is 6.08 Å². The van der Waals surface area contributed by atoms with Gasteiger partial charge in [-0.15, -0.1) is 0 Å². The van der Waals surface area contributed by atoms with Gasteiger partial charge in [0.1, 0.15) is 17.4 Å². The summed E-state index contributed by atoms with van der Waals surface area (Å²) in [5, 5.41) is 22.6. The Morgan fingerprint density at radius 3 is 2.73 bits per heavy atom. The number of aliphatic hydroxyl groups is 2. The third-order valence-electron chi connectivity index (χ3n) is 7.68. The van der Waals surface area contributed by atoms with E-state index in [4.69, 9.17) is 0 Å². The number of fused-ring (bicyclic) bond motifs is 1. The van der Waals surface area contributed by atoms with Crippen LogP contribution in [0.3, 0.4) is 0 Å². The van der Waals surface area contributed by atoms with Crippen molar-refractivity contribution in [3.8, 4) is 0 Å². The Hall–Kier alpha value is -1.72. The standard InChI is InChI=1S/C21H25NO4/c1-22(12-13-2-3-13)9-8-20-11-15(23)6-7-21(20,26)17(22)10-14-4-5-16(24)19(25)18(14)20/h4-5,10,13,17,26H,2-3,6-9,11-12H2,1H3/p+1/t17-,20-,21-,22-/m1/s1. The number of carbonyl (C=O) groups excluding carboxylic acids is 2. The van der Waals surface area contributed by atoms with Crippen LogP contribution in [0.15, 0.2) is 35.1 Å². The van der Waals surface area contributed by atoms with Gasteiger partial charge in [-0.2, -0.15) is 0 Å². The molecule has 5 heteroatoms. The Kier molecular flexibility index (Phi) is 3.14.